The van der Waals surface area contributed by atoms with Crippen LogP contribution in [0, 0.1) is 12.3 Å². The van der Waals surface area contributed by atoms with Crippen molar-refractivity contribution in [2.45, 2.75) is 18.9 Å². The van der Waals surface area contributed by atoms with Gasteiger partial charge in [-0.1, -0.05) is 12.5 Å². The number of nitrogens with one attached hydrogen (secondary N) is 1. The summed E-state index contributed by atoms with van der Waals surface area (Å²) in [4.78, 5) is 27.8. The average molecular weight is 349 g/mol. The summed E-state index contributed by atoms with van der Waals surface area (Å²) in [7, 11) is 4.75. The number of methoxy groups -OCH3 is 1. The van der Waals surface area contributed by atoms with Crippen molar-refractivity contribution in [3.05, 3.63) is 23.9 Å². The van der Waals surface area contributed by atoms with Crippen LogP contribution >= 0.6 is 0 Å². The maximum absolute atomic E-state index is 11.3. The van der Waals surface area contributed by atoms with Crippen LogP contribution in [0.5, 0.6) is 0 Å². The number of likely N-dealkylation sites (N-methyl/N-ethyl adjacent to an activating group) is 1. The van der Waals surface area contributed by atoms with E-state index in [1.54, 1.807) is 14.2 Å². The largest absolute Gasteiger partial charge is 0.391 e. The summed E-state index contributed by atoms with van der Waals surface area (Å²) in [6, 6.07) is 0.264. The smallest absolute Gasteiger partial charge is 0.255 e. The van der Waals surface area contributed by atoms with Crippen LogP contribution in [0.25, 0.3) is 0 Å². The number of carbonyl (C=O) groups is 2. The molecule has 2 amide bonds. The third kappa shape index (κ3) is 6.69. The number of amides is 2. The van der Waals surface area contributed by atoms with E-state index >= 15 is 0 Å². The number of primary amides is 1. The summed E-state index contributed by atoms with van der Waals surface area (Å²) in [6.07, 6.45) is 8.53. The minimum Gasteiger partial charge on any atom is -0.391 e. The Balaban J connectivity index is 0.000000462. The van der Waals surface area contributed by atoms with Crippen LogP contribution in [0.4, 0.5) is 0 Å². The van der Waals surface area contributed by atoms with Gasteiger partial charge in [-0.3, -0.25) is 14.6 Å². The number of nitrogens with zero attached hydrogens (tertiary/aromatic N) is 2. The fourth-order valence-electron chi connectivity index (χ4n) is 2.41. The molecule has 1 unspecified atom stereocenters. The molecule has 0 bridgehead atoms. The van der Waals surface area contributed by atoms with Gasteiger partial charge in [0.1, 0.15) is 11.4 Å². The van der Waals surface area contributed by atoms with Crippen molar-refractivity contribution < 1.29 is 14.3 Å². The third-order valence-corrected chi connectivity index (χ3v) is 3.56. The number of carbonyl (C=O) groups excluding carboxylic acids is 2. The van der Waals surface area contributed by atoms with Gasteiger partial charge in [-0.25, -0.2) is 0 Å². The van der Waals surface area contributed by atoms with Gasteiger partial charge in [-0.15, -0.1) is 6.42 Å². The Bertz CT molecular complexity index is 590. The second kappa shape index (κ2) is 11.7. The molecule has 0 aromatic carbocycles. The lowest BCUT2D eigenvalue weighted by Gasteiger charge is -2.22. The molecule has 0 aromatic rings. The molecule has 0 radical (unpaired) electrons. The van der Waals surface area contributed by atoms with E-state index in [9.17, 15) is 9.59 Å². The number of aliphatic imine (C=N–C) groups is 1. The highest BCUT2D eigenvalue weighted by Crippen LogP contribution is 2.17. The molecule has 8 nitrogen and oxygen atoms in total. The Kier molecular flexibility index (Phi) is 10.4. The first-order valence-electron chi connectivity index (χ1n) is 7.70. The second-order valence-corrected chi connectivity index (χ2v) is 5.11. The van der Waals surface area contributed by atoms with E-state index in [-0.39, 0.29) is 29.1 Å². The van der Waals surface area contributed by atoms with Gasteiger partial charge in [0.25, 0.3) is 5.91 Å². The molecule has 0 aromatic heterocycles. The molecule has 1 rings (SSSR count). The number of terminal acetylenes is 1. The van der Waals surface area contributed by atoms with Gasteiger partial charge in [0.05, 0.1) is 18.3 Å². The zero-order chi connectivity index (χ0) is 19.4. The monoisotopic (exact) mass is 349 g/mol. The molecule has 138 valence electrons. The van der Waals surface area contributed by atoms with Crippen LogP contribution in [-0.2, 0) is 14.3 Å². The molecule has 0 saturated carbocycles. The van der Waals surface area contributed by atoms with E-state index in [0.717, 1.165) is 19.4 Å². The number of hydrogen-bond acceptors (Lipinski definition) is 5. The topological polar surface area (TPSA) is 123 Å². The Labute approximate surface area is 149 Å². The molecule has 8 heteroatoms. The van der Waals surface area contributed by atoms with Gasteiger partial charge < -0.3 is 26.4 Å². The van der Waals surface area contributed by atoms with Crippen LogP contribution < -0.4 is 16.8 Å². The molecular formula is C17H27N5O3. The highest BCUT2D eigenvalue weighted by atomic mass is 16.5. The summed E-state index contributed by atoms with van der Waals surface area (Å²) in [5.74, 6) is 1.73. The highest BCUT2D eigenvalue weighted by Gasteiger charge is 2.26. The fourth-order valence-corrected chi connectivity index (χ4v) is 2.41. The van der Waals surface area contributed by atoms with Crippen molar-refractivity contribution in [2.75, 3.05) is 34.4 Å². The molecule has 0 aliphatic carbocycles. The Morgan fingerprint density at radius 2 is 2.16 bits per heavy atom. The first kappa shape index (κ1) is 22.2. The lowest BCUT2D eigenvalue weighted by molar-refractivity contribution is -0.127. The maximum Gasteiger partial charge on any atom is 0.255 e. The normalized spacial score (nSPS) is 17.6. The summed E-state index contributed by atoms with van der Waals surface area (Å²) in [5, 5.41) is 2.66. The van der Waals surface area contributed by atoms with Gasteiger partial charge in [0.2, 0.25) is 5.91 Å². The lowest BCUT2D eigenvalue weighted by Crippen LogP contribution is -2.36. The number of rotatable bonds is 5. The molecule has 1 atom stereocenters. The first-order chi connectivity index (χ1) is 11.9. The summed E-state index contributed by atoms with van der Waals surface area (Å²) in [6.45, 7) is 4.95. The molecular weight excluding hydrogens is 322 g/mol. The highest BCUT2D eigenvalue weighted by molar-refractivity contribution is 6.21. The van der Waals surface area contributed by atoms with Crippen LogP contribution in [0.3, 0.4) is 0 Å². The average Bonchev–Trinajstić information content (AvgIpc) is 3.07. The number of hydrogen-bond donors (Lipinski definition) is 3. The van der Waals surface area contributed by atoms with Gasteiger partial charge in [0, 0.05) is 27.7 Å². The van der Waals surface area contributed by atoms with Crippen molar-refractivity contribution in [1.82, 2.24) is 10.2 Å². The number of amidine groups is 1. The summed E-state index contributed by atoms with van der Waals surface area (Å²) < 4.78 is 5.02. The van der Waals surface area contributed by atoms with Crippen molar-refractivity contribution in [3.63, 3.8) is 0 Å². The van der Waals surface area contributed by atoms with E-state index in [4.69, 9.17) is 22.6 Å². The van der Waals surface area contributed by atoms with E-state index in [1.807, 2.05) is 4.90 Å². The molecule has 0 spiro atoms. The number of nitrogens with two attached hydrogens (primary N) is 2. The minimum absolute atomic E-state index is 0.0227. The molecule has 1 heterocycles. The first-order valence-corrected chi connectivity index (χ1v) is 7.70. The van der Waals surface area contributed by atoms with Crippen LogP contribution in [0.2, 0.25) is 0 Å². The zero-order valence-corrected chi connectivity index (χ0v) is 15.0. The van der Waals surface area contributed by atoms with Crippen molar-refractivity contribution in [2.24, 2.45) is 16.5 Å². The van der Waals surface area contributed by atoms with E-state index in [2.05, 4.69) is 22.8 Å². The van der Waals surface area contributed by atoms with E-state index in [1.165, 1.54) is 13.1 Å². The fraction of sp³-hybridized carbons (Fsp3) is 0.471. The lowest BCUT2D eigenvalue weighted by atomic mass is 10.1. The van der Waals surface area contributed by atoms with Gasteiger partial charge in [-0.05, 0) is 18.9 Å². The van der Waals surface area contributed by atoms with Gasteiger partial charge in [0.15, 0.2) is 0 Å². The van der Waals surface area contributed by atoms with Gasteiger partial charge >= 0.3 is 0 Å². The van der Waals surface area contributed by atoms with Crippen LogP contribution in [0.15, 0.2) is 28.9 Å². The van der Waals surface area contributed by atoms with E-state index in [0.29, 0.717) is 6.61 Å². The number of likely N-dealkylation sites (tertiary alicyclic amines) is 1. The quantitative estimate of drug-likeness (QED) is 0.264. The number of ether oxygens (including phenoxy) is 1. The summed E-state index contributed by atoms with van der Waals surface area (Å²) in [5.41, 5.74) is 10.5. The van der Waals surface area contributed by atoms with E-state index < -0.39 is 5.91 Å². The predicted octanol–water partition coefficient (Wildman–Crippen LogP) is -0.625. The van der Waals surface area contributed by atoms with Crippen molar-refractivity contribution in [1.29, 1.82) is 0 Å². The minimum atomic E-state index is -0.703. The van der Waals surface area contributed by atoms with Crippen LogP contribution in [-0.4, -0.2) is 62.9 Å². The van der Waals surface area contributed by atoms with Crippen molar-refractivity contribution in [3.8, 4) is 12.3 Å². The number of allylic oxidation sites excluding steroid dienone is 1. The van der Waals surface area contributed by atoms with Gasteiger partial charge in [-0.2, -0.15) is 0 Å². The molecule has 25 heavy (non-hydrogen) atoms. The predicted molar refractivity (Wildman–Crippen MR) is 98.5 cm³/mol. The molecule has 1 aliphatic heterocycles. The Morgan fingerprint density at radius 1 is 1.52 bits per heavy atom. The Morgan fingerprint density at radius 3 is 2.56 bits per heavy atom. The molecule has 1 saturated heterocycles. The summed E-state index contributed by atoms with van der Waals surface area (Å²) >= 11 is 0. The molecule has 1 fully saturated rings. The SMILES string of the molecule is C#C/C(N)=C(\C(N)=O)C(=NC)NC.C=CC(=O)N1CCCC1COC. The third-order valence-electron chi connectivity index (χ3n) is 3.56. The zero-order valence-electron chi connectivity index (χ0n) is 15.0. The maximum atomic E-state index is 11.3. The second-order valence-electron chi connectivity index (χ2n) is 5.11. The van der Waals surface area contributed by atoms with Crippen LogP contribution in [0.1, 0.15) is 12.8 Å². The van der Waals surface area contributed by atoms with Crippen molar-refractivity contribution >= 4 is 17.6 Å². The standard InChI is InChI=1S/C9H15NO2.C8H12N4O/c1-3-9(11)10-6-4-5-8(10)7-12-2;1-4-5(9)6(7(10)13)8(11-2)12-3/h3,8H,1,4-7H2,2H3;1H,9H2,2-3H3,(H2,10,13)(H,11,12)/b;6-5-. The molecule has 1 aliphatic rings. The Hall–Kier alpha value is -2.79. The molecule has 5 N–H and O–H groups in total.